The second kappa shape index (κ2) is 18.0. The van der Waals surface area contributed by atoms with E-state index < -0.39 is 5.97 Å². The van der Waals surface area contributed by atoms with Crippen LogP contribution in [-0.4, -0.2) is 11.1 Å². The number of carboxylic acids is 1. The van der Waals surface area contributed by atoms with E-state index in [0.717, 1.165) is 0 Å². The van der Waals surface area contributed by atoms with E-state index in [0.29, 0.717) is 0 Å². The van der Waals surface area contributed by atoms with Crippen LogP contribution in [0.1, 0.15) is 6.92 Å². The molecule has 0 aromatic heterocycles. The fourth-order valence-electron chi connectivity index (χ4n) is 3.78. The van der Waals surface area contributed by atoms with Crippen molar-refractivity contribution in [1.82, 2.24) is 0 Å². The highest BCUT2D eigenvalue weighted by atomic mass is 16.4. The van der Waals surface area contributed by atoms with E-state index in [1.54, 1.807) is 0 Å². The third-order valence-corrected chi connectivity index (χ3v) is 6.01. The third kappa shape index (κ3) is 11.3. The summed E-state index contributed by atoms with van der Waals surface area (Å²) in [5.41, 5.74) is 7.83. The molecule has 2 heteroatoms. The number of hydrogen-bond acceptors (Lipinski definition) is 1. The van der Waals surface area contributed by atoms with E-state index in [9.17, 15) is 4.79 Å². The van der Waals surface area contributed by atoms with Crippen LogP contribution in [0, 0.1) is 0 Å². The van der Waals surface area contributed by atoms with Gasteiger partial charge in [-0.3, -0.25) is 0 Å². The number of benzene rings is 6. The van der Waals surface area contributed by atoms with E-state index in [1.165, 1.54) is 40.3 Å². The maximum Gasteiger partial charge on any atom is 0.330 e. The minimum Gasteiger partial charge on any atom is -0.478 e. The summed E-state index contributed by atoms with van der Waals surface area (Å²) in [5.74, 6) is -0.935. The lowest BCUT2D eigenvalue weighted by molar-refractivity contribution is -0.132. The second-order valence-corrected chi connectivity index (χ2v) is 9.28. The predicted molar refractivity (Wildman–Crippen MR) is 178 cm³/mol. The summed E-state index contributed by atoms with van der Waals surface area (Å²) in [6.45, 7) is 4.60. The van der Waals surface area contributed by atoms with Gasteiger partial charge in [0.1, 0.15) is 0 Å². The molecule has 0 aliphatic heterocycles. The lowest BCUT2D eigenvalue weighted by atomic mass is 10.1. The van der Waals surface area contributed by atoms with Crippen molar-refractivity contribution in [2.24, 2.45) is 0 Å². The van der Waals surface area contributed by atoms with Gasteiger partial charge in [-0.1, -0.05) is 189 Å². The molecule has 42 heavy (non-hydrogen) atoms. The number of rotatable bonds is 4. The summed E-state index contributed by atoms with van der Waals surface area (Å²) in [7, 11) is 0. The van der Waals surface area contributed by atoms with Crippen molar-refractivity contribution in [3.8, 4) is 33.4 Å². The molecule has 0 atom stereocenters. The zero-order chi connectivity index (χ0) is 29.8. The van der Waals surface area contributed by atoms with Crippen LogP contribution in [0.5, 0.6) is 0 Å². The summed E-state index contributed by atoms with van der Waals surface area (Å²) in [6, 6.07) is 62.3. The minimum atomic E-state index is -0.935. The molecule has 0 radical (unpaired) electrons. The van der Waals surface area contributed by atoms with E-state index in [4.69, 9.17) is 5.11 Å². The SMILES string of the molecule is C=C(C)C(=O)O.c1ccc(-c2ccccc2)cc1.c1ccc(-c2ccccc2)cc1.c1ccc(-c2ccccc2)cc1. The Labute approximate surface area is 249 Å². The molecule has 0 heterocycles. The van der Waals surface area contributed by atoms with Crippen molar-refractivity contribution in [1.29, 1.82) is 0 Å². The Morgan fingerprint density at radius 2 is 0.500 bits per heavy atom. The van der Waals surface area contributed by atoms with Gasteiger partial charge >= 0.3 is 5.97 Å². The van der Waals surface area contributed by atoms with Crippen LogP contribution in [0.15, 0.2) is 194 Å². The Morgan fingerprint density at radius 3 is 0.595 bits per heavy atom. The highest BCUT2D eigenvalue weighted by molar-refractivity contribution is 5.84. The summed E-state index contributed by atoms with van der Waals surface area (Å²) in [4.78, 5) is 9.60. The minimum absolute atomic E-state index is 0.176. The van der Waals surface area contributed by atoms with Crippen LogP contribution in [0.2, 0.25) is 0 Å². The molecule has 6 aromatic carbocycles. The number of carboxylic acid groups (broad SMARTS) is 1. The van der Waals surface area contributed by atoms with Crippen LogP contribution in [-0.2, 0) is 4.79 Å². The monoisotopic (exact) mass is 548 g/mol. The van der Waals surface area contributed by atoms with Gasteiger partial charge in [0.2, 0.25) is 0 Å². The first-order valence-corrected chi connectivity index (χ1v) is 13.7. The zero-order valence-corrected chi connectivity index (χ0v) is 23.9. The second-order valence-electron chi connectivity index (χ2n) is 9.28. The Bertz CT molecular complexity index is 1260. The van der Waals surface area contributed by atoms with Crippen molar-refractivity contribution in [2.75, 3.05) is 0 Å². The smallest absolute Gasteiger partial charge is 0.330 e. The quantitative estimate of drug-likeness (QED) is 0.222. The maximum absolute atomic E-state index is 9.60. The first kappa shape index (κ1) is 31.1. The van der Waals surface area contributed by atoms with Crippen molar-refractivity contribution >= 4 is 5.97 Å². The van der Waals surface area contributed by atoms with Gasteiger partial charge in [0.25, 0.3) is 0 Å². The van der Waals surface area contributed by atoms with Crippen LogP contribution in [0.25, 0.3) is 33.4 Å². The van der Waals surface area contributed by atoms with Crippen molar-refractivity contribution in [2.45, 2.75) is 6.92 Å². The molecular formula is C40H36O2. The first-order valence-electron chi connectivity index (χ1n) is 13.7. The van der Waals surface area contributed by atoms with Gasteiger partial charge in [0.15, 0.2) is 0 Å². The van der Waals surface area contributed by atoms with Crippen molar-refractivity contribution in [3.63, 3.8) is 0 Å². The molecule has 0 spiro atoms. The molecule has 0 fully saturated rings. The molecule has 208 valence electrons. The van der Waals surface area contributed by atoms with Gasteiger partial charge in [-0.15, -0.1) is 0 Å². The lowest BCUT2D eigenvalue weighted by Gasteiger charge is -1.98. The molecule has 0 aliphatic rings. The van der Waals surface area contributed by atoms with Crippen LogP contribution >= 0.6 is 0 Å². The van der Waals surface area contributed by atoms with Gasteiger partial charge < -0.3 is 5.11 Å². The number of hydrogen-bond donors (Lipinski definition) is 1. The van der Waals surface area contributed by atoms with E-state index in [2.05, 4.69) is 152 Å². The van der Waals surface area contributed by atoms with Gasteiger partial charge in [0.05, 0.1) is 0 Å². The topological polar surface area (TPSA) is 37.3 Å². The molecule has 0 saturated heterocycles. The zero-order valence-electron chi connectivity index (χ0n) is 23.9. The largest absolute Gasteiger partial charge is 0.478 e. The average molecular weight is 549 g/mol. The maximum atomic E-state index is 9.60. The van der Waals surface area contributed by atoms with Gasteiger partial charge in [-0.25, -0.2) is 4.79 Å². The van der Waals surface area contributed by atoms with E-state index in [-0.39, 0.29) is 5.57 Å². The highest BCUT2D eigenvalue weighted by Gasteiger charge is 1.94. The number of carbonyl (C=O) groups is 1. The molecular weight excluding hydrogens is 512 g/mol. The summed E-state index contributed by atoms with van der Waals surface area (Å²) in [5, 5.41) is 7.89. The molecule has 6 rings (SSSR count). The van der Waals surface area contributed by atoms with Crippen LogP contribution in [0.4, 0.5) is 0 Å². The van der Waals surface area contributed by atoms with Crippen molar-refractivity contribution < 1.29 is 9.90 Å². The molecule has 0 aliphatic carbocycles. The fraction of sp³-hybridized carbons (Fsp3) is 0.0250. The van der Waals surface area contributed by atoms with Gasteiger partial charge in [0, 0.05) is 5.57 Å². The van der Waals surface area contributed by atoms with E-state index in [1.807, 2.05) is 36.4 Å². The lowest BCUT2D eigenvalue weighted by Crippen LogP contribution is -1.92. The Hall–Kier alpha value is -5.47. The fourth-order valence-corrected chi connectivity index (χ4v) is 3.78. The van der Waals surface area contributed by atoms with Gasteiger partial charge in [-0.2, -0.15) is 0 Å². The molecule has 2 nitrogen and oxygen atoms in total. The molecule has 1 N–H and O–H groups in total. The van der Waals surface area contributed by atoms with Crippen LogP contribution in [0.3, 0.4) is 0 Å². The Balaban J connectivity index is 0.000000158. The van der Waals surface area contributed by atoms with E-state index >= 15 is 0 Å². The third-order valence-electron chi connectivity index (χ3n) is 6.01. The normalized spacial score (nSPS) is 9.36. The Kier molecular flexibility index (Phi) is 13.3. The standard InChI is InChI=1S/3C12H10.C4H6O2/c3*1-3-7-11(8-4-1)12-9-5-2-6-10-12;1-3(2)4(5)6/h3*1-10H;1H2,2H3,(H,5,6). The molecule has 6 aromatic rings. The Morgan fingerprint density at radius 1 is 0.381 bits per heavy atom. The summed E-state index contributed by atoms with van der Waals surface area (Å²) in [6.07, 6.45) is 0. The molecule has 0 bridgehead atoms. The predicted octanol–water partition coefficient (Wildman–Crippen LogP) is 10.7. The molecule has 0 amide bonds. The van der Waals surface area contributed by atoms with Gasteiger partial charge in [-0.05, 0) is 40.3 Å². The molecule has 0 unspecified atom stereocenters. The van der Waals surface area contributed by atoms with Crippen LogP contribution < -0.4 is 0 Å². The summed E-state index contributed by atoms with van der Waals surface area (Å²) >= 11 is 0. The first-order chi connectivity index (χ1) is 20.5. The number of aliphatic carboxylic acids is 1. The summed E-state index contributed by atoms with van der Waals surface area (Å²) < 4.78 is 0. The molecule has 0 saturated carbocycles. The highest BCUT2D eigenvalue weighted by Crippen LogP contribution is 2.19. The average Bonchev–Trinajstić information content (AvgIpc) is 3.08. The van der Waals surface area contributed by atoms with Crippen molar-refractivity contribution in [3.05, 3.63) is 194 Å².